The molecule has 0 spiro atoms. The van der Waals surface area contributed by atoms with Crippen molar-refractivity contribution in [2.24, 2.45) is 50.7 Å². The van der Waals surface area contributed by atoms with E-state index in [0.29, 0.717) is 47.5 Å². The minimum atomic E-state index is -1.24. The van der Waals surface area contributed by atoms with E-state index in [1.807, 2.05) is 0 Å². The number of nitrogens with zero attached hydrogens (tertiary/aromatic N) is 1. The van der Waals surface area contributed by atoms with E-state index >= 15 is 0 Å². The van der Waals surface area contributed by atoms with Crippen LogP contribution in [0.5, 0.6) is 0 Å². The van der Waals surface area contributed by atoms with Crippen molar-refractivity contribution < 1.29 is 18.5 Å². The van der Waals surface area contributed by atoms with E-state index in [1.54, 1.807) is 0 Å². The van der Waals surface area contributed by atoms with Gasteiger partial charge in [0.05, 0.1) is 5.41 Å². The summed E-state index contributed by atoms with van der Waals surface area (Å²) in [6.07, 6.45) is 19.2. The van der Waals surface area contributed by atoms with Crippen molar-refractivity contribution in [2.75, 3.05) is 44.4 Å². The molecule has 264 valence electrons. The van der Waals surface area contributed by atoms with Crippen LogP contribution in [0.15, 0.2) is 23.3 Å². The lowest BCUT2D eigenvalue weighted by molar-refractivity contribution is -0.218. The van der Waals surface area contributed by atoms with Crippen molar-refractivity contribution in [3.63, 3.8) is 0 Å². The van der Waals surface area contributed by atoms with Crippen LogP contribution < -0.4 is 5.32 Å². The summed E-state index contributed by atoms with van der Waals surface area (Å²) in [5.74, 6) is 3.59. The van der Waals surface area contributed by atoms with Gasteiger partial charge in [-0.3, -0.25) is 9.00 Å². The van der Waals surface area contributed by atoms with Crippen LogP contribution in [0.2, 0.25) is 0 Å². The molecule has 0 radical (unpaired) electrons. The van der Waals surface area contributed by atoms with Crippen LogP contribution in [-0.2, 0) is 15.6 Å². The largest absolute Gasteiger partial charge is 0.481 e. The minimum absolute atomic E-state index is 0.0251. The van der Waals surface area contributed by atoms with Crippen molar-refractivity contribution in [1.29, 1.82) is 0 Å². The third kappa shape index (κ3) is 5.15. The fourth-order valence-corrected chi connectivity index (χ4v) is 15.0. The number of hydrogen-bond acceptors (Lipinski definition) is 4. The molecule has 1 aliphatic heterocycles. The molecule has 1 saturated heterocycles. The molecular formula is C40H63FN2O3S. The minimum Gasteiger partial charge on any atom is -0.481 e. The lowest BCUT2D eigenvalue weighted by Crippen LogP contribution is -2.67. The van der Waals surface area contributed by atoms with Gasteiger partial charge in [-0.1, -0.05) is 53.2 Å². The number of rotatable bonds is 7. The predicted octanol–water partition coefficient (Wildman–Crippen LogP) is 7.94. The van der Waals surface area contributed by atoms with E-state index in [4.69, 9.17) is 0 Å². The molecule has 4 saturated carbocycles. The number of nitrogens with one attached hydrogen (secondary N) is 1. The highest BCUT2D eigenvalue weighted by atomic mass is 32.2. The fraction of sp³-hybridized carbons (Fsp3) is 0.875. The first kappa shape index (κ1) is 34.4. The number of alkyl halides is 1. The summed E-state index contributed by atoms with van der Waals surface area (Å²) >= 11 is 0. The molecule has 9 atom stereocenters. The average Bonchev–Trinajstić information content (AvgIpc) is 3.46. The maximum atomic E-state index is 13.9. The SMILES string of the molecule is CC1(C)C(C2=CC[C@@](CF)(C(=O)O)CC2)=CCC2(C)C3CCC4[C@H]5CCCC5(NCCN5CCS(=O)CC5)CC[C@@]4(C)C3(C)CC[C@@H]12. The van der Waals surface area contributed by atoms with Gasteiger partial charge in [0.15, 0.2) is 0 Å². The Balaban J connectivity index is 1.10. The number of allylic oxidation sites excluding steroid dienone is 4. The Morgan fingerprint density at radius 2 is 1.68 bits per heavy atom. The predicted molar refractivity (Wildman–Crippen MR) is 189 cm³/mol. The molecule has 7 aliphatic rings. The maximum absolute atomic E-state index is 13.9. The van der Waals surface area contributed by atoms with Crippen molar-refractivity contribution in [3.8, 4) is 0 Å². The highest BCUT2D eigenvalue weighted by Gasteiger charge is 2.69. The first-order valence-corrected chi connectivity index (χ1v) is 20.8. The second-order valence-electron chi connectivity index (χ2n) is 18.6. The maximum Gasteiger partial charge on any atom is 0.312 e. The van der Waals surface area contributed by atoms with Gasteiger partial charge in [-0.15, -0.1) is 0 Å². The number of carbonyl (C=O) groups is 1. The van der Waals surface area contributed by atoms with Gasteiger partial charge in [0, 0.05) is 54.0 Å². The van der Waals surface area contributed by atoms with Crippen molar-refractivity contribution in [1.82, 2.24) is 10.2 Å². The molecule has 5 unspecified atom stereocenters. The summed E-state index contributed by atoms with van der Waals surface area (Å²) in [6.45, 7) is 16.4. The van der Waals surface area contributed by atoms with E-state index in [2.05, 4.69) is 57.0 Å². The molecule has 5 fully saturated rings. The average molecular weight is 671 g/mol. The Kier molecular flexibility index (Phi) is 8.81. The van der Waals surface area contributed by atoms with Gasteiger partial charge in [-0.25, -0.2) is 4.39 Å². The molecule has 0 bridgehead atoms. The highest BCUT2D eigenvalue weighted by molar-refractivity contribution is 7.85. The lowest BCUT2D eigenvalue weighted by Gasteiger charge is -2.72. The van der Waals surface area contributed by atoms with Crippen molar-refractivity contribution in [2.45, 2.75) is 124 Å². The van der Waals surface area contributed by atoms with Crippen LogP contribution in [0, 0.1) is 50.7 Å². The summed E-state index contributed by atoms with van der Waals surface area (Å²) in [5, 5.41) is 14.0. The number of carboxylic acid groups (broad SMARTS) is 1. The smallest absolute Gasteiger partial charge is 0.312 e. The molecular weight excluding hydrogens is 608 g/mol. The van der Waals surface area contributed by atoms with Crippen LogP contribution in [-0.4, -0.2) is 70.1 Å². The van der Waals surface area contributed by atoms with Crippen LogP contribution in [0.1, 0.15) is 118 Å². The molecule has 0 aromatic carbocycles. The van der Waals surface area contributed by atoms with Gasteiger partial charge < -0.3 is 15.3 Å². The lowest BCUT2D eigenvalue weighted by atomic mass is 9.33. The summed E-state index contributed by atoms with van der Waals surface area (Å²) in [7, 11) is -0.608. The molecule has 5 nitrogen and oxygen atoms in total. The van der Waals surface area contributed by atoms with E-state index in [1.165, 1.54) is 68.9 Å². The molecule has 0 aromatic heterocycles. The van der Waals surface area contributed by atoms with Gasteiger partial charge in [0.2, 0.25) is 0 Å². The number of aliphatic carboxylic acids is 1. The Labute approximate surface area is 286 Å². The first-order chi connectivity index (χ1) is 22.2. The number of carboxylic acids is 1. The second kappa shape index (κ2) is 12.0. The van der Waals surface area contributed by atoms with Crippen LogP contribution in [0.3, 0.4) is 0 Å². The van der Waals surface area contributed by atoms with E-state index in [9.17, 15) is 18.5 Å². The summed E-state index contributed by atoms with van der Waals surface area (Å²) in [4.78, 5) is 14.5. The Morgan fingerprint density at radius 1 is 0.915 bits per heavy atom. The normalized spacial score (nSPS) is 46.8. The van der Waals surface area contributed by atoms with E-state index in [-0.39, 0.29) is 10.8 Å². The highest BCUT2D eigenvalue weighted by Crippen LogP contribution is 2.76. The number of fused-ring (bicyclic) bond motifs is 7. The van der Waals surface area contributed by atoms with Crippen LogP contribution >= 0.6 is 0 Å². The molecule has 0 aromatic rings. The standard InChI is InChI=1S/C40H63FN2O3S/c1-35(2)29(28-10-17-39(27-41,18-11-28)34(44)45)12-15-36(3)32(35)13-16-38(5)33(36)9-8-30-31-7-6-14-40(31,20-19-37(30,38)4)42-21-22-43-23-25-47(46)26-24-43/h10,12,30-33,42H,6-9,11,13-27H2,1-5H3,(H,44,45)/t30?,31-,32+,33?,36?,37-,38?,39-,40?/m1/s1. The third-order valence-electron chi connectivity index (χ3n) is 16.8. The van der Waals surface area contributed by atoms with Crippen molar-refractivity contribution >= 4 is 16.8 Å². The summed E-state index contributed by atoms with van der Waals surface area (Å²) in [6, 6.07) is 0. The van der Waals surface area contributed by atoms with E-state index < -0.39 is 28.9 Å². The van der Waals surface area contributed by atoms with Crippen LogP contribution in [0.4, 0.5) is 4.39 Å². The second-order valence-corrected chi connectivity index (χ2v) is 20.3. The number of halogens is 1. The molecule has 7 rings (SSSR count). The first-order valence-electron chi connectivity index (χ1n) is 19.3. The molecule has 2 N–H and O–H groups in total. The Bertz CT molecular complexity index is 1340. The molecule has 7 heteroatoms. The van der Waals surface area contributed by atoms with Crippen molar-refractivity contribution in [3.05, 3.63) is 23.3 Å². The topological polar surface area (TPSA) is 69.6 Å². The van der Waals surface area contributed by atoms with Crippen LogP contribution in [0.25, 0.3) is 0 Å². The number of hydrogen-bond donors (Lipinski definition) is 2. The zero-order chi connectivity index (χ0) is 33.5. The summed E-state index contributed by atoms with van der Waals surface area (Å²) in [5.41, 5.74) is 2.79. The quantitative estimate of drug-likeness (QED) is 0.288. The molecule has 1 heterocycles. The zero-order valence-corrected chi connectivity index (χ0v) is 30.9. The zero-order valence-electron chi connectivity index (χ0n) is 30.1. The van der Waals surface area contributed by atoms with Gasteiger partial charge in [0.1, 0.15) is 6.67 Å². The van der Waals surface area contributed by atoms with Gasteiger partial charge in [-0.2, -0.15) is 0 Å². The third-order valence-corrected chi connectivity index (χ3v) is 18.1. The Morgan fingerprint density at radius 3 is 2.36 bits per heavy atom. The van der Waals surface area contributed by atoms with Gasteiger partial charge in [0.25, 0.3) is 0 Å². The fourth-order valence-electron chi connectivity index (χ4n) is 13.9. The Hall–Kier alpha value is -1.05. The van der Waals surface area contributed by atoms with Gasteiger partial charge in [-0.05, 0) is 134 Å². The summed E-state index contributed by atoms with van der Waals surface area (Å²) < 4.78 is 25.8. The van der Waals surface area contributed by atoms with Gasteiger partial charge >= 0.3 is 5.97 Å². The molecule has 47 heavy (non-hydrogen) atoms. The molecule has 6 aliphatic carbocycles. The monoisotopic (exact) mass is 670 g/mol. The van der Waals surface area contributed by atoms with E-state index in [0.717, 1.165) is 55.9 Å². The molecule has 0 amide bonds.